The van der Waals surface area contributed by atoms with Gasteiger partial charge in [0.15, 0.2) is 0 Å². The van der Waals surface area contributed by atoms with Gasteiger partial charge in [-0.2, -0.15) is 13.2 Å². The van der Waals surface area contributed by atoms with E-state index in [0.717, 1.165) is 12.1 Å². The monoisotopic (exact) mass is 364 g/mol. The van der Waals surface area contributed by atoms with Crippen LogP contribution in [0.15, 0.2) is 69.9 Å². The Morgan fingerprint density at radius 2 is 1.46 bits per heavy atom. The molecule has 136 valence electrons. The number of carbonyl (C=O) groups is 1. The summed E-state index contributed by atoms with van der Waals surface area (Å²) in [6, 6.07) is 10.6. The summed E-state index contributed by atoms with van der Waals surface area (Å²) >= 11 is 0. The van der Waals surface area contributed by atoms with Crippen molar-refractivity contribution in [2.45, 2.75) is 19.3 Å². The van der Waals surface area contributed by atoms with Crippen LogP contribution >= 0.6 is 0 Å². The number of nitrogens with one attached hydrogen (secondary N) is 1. The molecule has 8 heteroatoms. The number of amides is 2. The minimum Gasteiger partial charge on any atom is -0.467 e. The van der Waals surface area contributed by atoms with Crippen LogP contribution in [0.5, 0.6) is 0 Å². The Morgan fingerprint density at radius 3 is 1.88 bits per heavy atom. The first kappa shape index (κ1) is 17.7. The number of halogens is 3. The summed E-state index contributed by atoms with van der Waals surface area (Å²) in [7, 11) is 0. The van der Waals surface area contributed by atoms with Gasteiger partial charge in [-0.05, 0) is 48.5 Å². The highest BCUT2D eigenvalue weighted by molar-refractivity contribution is 5.89. The quantitative estimate of drug-likeness (QED) is 0.683. The molecule has 0 saturated heterocycles. The van der Waals surface area contributed by atoms with Gasteiger partial charge in [-0.25, -0.2) is 4.79 Å². The number of carbonyl (C=O) groups excluding carboxylic acids is 1. The van der Waals surface area contributed by atoms with Crippen molar-refractivity contribution in [2.75, 3.05) is 5.32 Å². The van der Waals surface area contributed by atoms with Crippen molar-refractivity contribution in [3.05, 3.63) is 78.1 Å². The topological polar surface area (TPSA) is 58.6 Å². The smallest absolute Gasteiger partial charge is 0.416 e. The van der Waals surface area contributed by atoms with E-state index in [1.165, 1.54) is 29.6 Å². The van der Waals surface area contributed by atoms with Crippen LogP contribution in [-0.4, -0.2) is 10.9 Å². The van der Waals surface area contributed by atoms with Gasteiger partial charge in [-0.15, -0.1) is 0 Å². The van der Waals surface area contributed by atoms with Crippen molar-refractivity contribution in [3.63, 3.8) is 0 Å². The second-order valence-corrected chi connectivity index (χ2v) is 5.52. The molecule has 0 aliphatic carbocycles. The molecule has 0 saturated carbocycles. The molecular weight excluding hydrogens is 349 g/mol. The highest BCUT2D eigenvalue weighted by atomic mass is 19.4. The van der Waals surface area contributed by atoms with E-state index in [2.05, 4.69) is 5.32 Å². The second kappa shape index (κ2) is 7.38. The molecule has 5 nitrogen and oxygen atoms in total. The minimum absolute atomic E-state index is 0.181. The van der Waals surface area contributed by atoms with Crippen LogP contribution < -0.4 is 5.32 Å². The summed E-state index contributed by atoms with van der Waals surface area (Å²) in [5.74, 6) is 1.14. The van der Waals surface area contributed by atoms with E-state index in [1.807, 2.05) is 0 Å². The molecule has 0 fully saturated rings. The van der Waals surface area contributed by atoms with Crippen molar-refractivity contribution in [2.24, 2.45) is 0 Å². The average Bonchev–Trinajstić information content (AvgIpc) is 3.28. The SMILES string of the molecule is O=C(Nc1ccc(C(F)(F)F)cc1)N(Cc1ccco1)Cc1ccco1. The summed E-state index contributed by atoms with van der Waals surface area (Å²) < 4.78 is 48.4. The molecule has 0 unspecified atom stereocenters. The van der Waals surface area contributed by atoms with E-state index >= 15 is 0 Å². The van der Waals surface area contributed by atoms with E-state index in [-0.39, 0.29) is 18.8 Å². The second-order valence-electron chi connectivity index (χ2n) is 5.52. The molecule has 0 radical (unpaired) electrons. The van der Waals surface area contributed by atoms with Gasteiger partial charge in [-0.1, -0.05) is 0 Å². The summed E-state index contributed by atoms with van der Waals surface area (Å²) in [6.07, 6.45) is -1.44. The summed E-state index contributed by atoms with van der Waals surface area (Å²) in [5.41, 5.74) is -0.523. The van der Waals surface area contributed by atoms with Crippen LogP contribution in [0.2, 0.25) is 0 Å². The summed E-state index contributed by atoms with van der Waals surface area (Å²) in [4.78, 5) is 14.0. The number of hydrogen-bond donors (Lipinski definition) is 1. The predicted molar refractivity (Wildman–Crippen MR) is 87.1 cm³/mol. The molecule has 3 rings (SSSR count). The Bertz CT molecular complexity index is 789. The Morgan fingerprint density at radius 1 is 0.923 bits per heavy atom. The molecule has 1 aromatic carbocycles. The standard InChI is InChI=1S/C18H15F3N2O3/c19-18(20,21)13-5-7-14(8-6-13)22-17(24)23(11-15-3-1-9-25-15)12-16-4-2-10-26-16/h1-10H,11-12H2,(H,22,24). The fourth-order valence-corrected chi connectivity index (χ4v) is 2.33. The van der Waals surface area contributed by atoms with Gasteiger partial charge in [0.1, 0.15) is 11.5 Å². The maximum atomic E-state index is 12.6. The number of furan rings is 2. The van der Waals surface area contributed by atoms with Gasteiger partial charge in [0, 0.05) is 5.69 Å². The van der Waals surface area contributed by atoms with Crippen LogP contribution in [0, 0.1) is 0 Å². The van der Waals surface area contributed by atoms with Crippen molar-refractivity contribution < 1.29 is 26.8 Å². The number of nitrogens with zero attached hydrogens (tertiary/aromatic N) is 1. The van der Waals surface area contributed by atoms with Gasteiger partial charge in [0.25, 0.3) is 0 Å². The molecule has 0 atom stereocenters. The normalized spacial score (nSPS) is 11.3. The Kier molecular flexibility index (Phi) is 5.01. The van der Waals surface area contributed by atoms with E-state index in [9.17, 15) is 18.0 Å². The molecule has 0 aliphatic heterocycles. The lowest BCUT2D eigenvalue weighted by Gasteiger charge is -2.21. The molecular formula is C18H15F3N2O3. The molecule has 2 aromatic heterocycles. The average molecular weight is 364 g/mol. The number of anilines is 1. The maximum absolute atomic E-state index is 12.6. The van der Waals surface area contributed by atoms with Crippen molar-refractivity contribution in [1.29, 1.82) is 0 Å². The van der Waals surface area contributed by atoms with Crippen LogP contribution in [0.4, 0.5) is 23.7 Å². The lowest BCUT2D eigenvalue weighted by Crippen LogP contribution is -2.33. The Hall–Kier alpha value is -3.16. The van der Waals surface area contributed by atoms with Crippen molar-refractivity contribution >= 4 is 11.7 Å². The third-order valence-electron chi connectivity index (χ3n) is 3.60. The molecule has 2 amide bonds. The Labute approximate surface area is 147 Å². The van der Waals surface area contributed by atoms with Gasteiger partial charge in [0.2, 0.25) is 0 Å². The zero-order chi connectivity index (χ0) is 18.6. The number of urea groups is 1. The van der Waals surface area contributed by atoms with Crippen LogP contribution in [0.25, 0.3) is 0 Å². The van der Waals surface area contributed by atoms with E-state index in [1.54, 1.807) is 24.3 Å². The molecule has 26 heavy (non-hydrogen) atoms. The predicted octanol–water partition coefficient (Wildman–Crippen LogP) is 5.13. The third-order valence-corrected chi connectivity index (χ3v) is 3.60. The molecule has 0 bridgehead atoms. The van der Waals surface area contributed by atoms with Crippen LogP contribution in [0.1, 0.15) is 17.1 Å². The molecule has 3 aromatic rings. The number of hydrogen-bond acceptors (Lipinski definition) is 3. The first-order valence-electron chi connectivity index (χ1n) is 7.70. The first-order chi connectivity index (χ1) is 12.4. The van der Waals surface area contributed by atoms with Crippen LogP contribution in [0.3, 0.4) is 0 Å². The van der Waals surface area contributed by atoms with Crippen LogP contribution in [-0.2, 0) is 19.3 Å². The van der Waals surface area contributed by atoms with E-state index in [4.69, 9.17) is 8.83 Å². The molecule has 0 spiro atoms. The number of alkyl halides is 3. The lowest BCUT2D eigenvalue weighted by atomic mass is 10.2. The Balaban J connectivity index is 1.72. The lowest BCUT2D eigenvalue weighted by molar-refractivity contribution is -0.137. The largest absolute Gasteiger partial charge is 0.467 e. The van der Waals surface area contributed by atoms with Gasteiger partial charge >= 0.3 is 12.2 Å². The van der Waals surface area contributed by atoms with E-state index < -0.39 is 17.8 Å². The fourth-order valence-electron chi connectivity index (χ4n) is 2.33. The van der Waals surface area contributed by atoms with Gasteiger partial charge in [0.05, 0.1) is 31.2 Å². The number of benzene rings is 1. The maximum Gasteiger partial charge on any atom is 0.416 e. The zero-order valence-electron chi connectivity index (χ0n) is 13.5. The zero-order valence-corrected chi connectivity index (χ0v) is 13.5. The molecule has 2 heterocycles. The molecule has 1 N–H and O–H groups in total. The van der Waals surface area contributed by atoms with Gasteiger partial charge in [-0.3, -0.25) is 0 Å². The highest BCUT2D eigenvalue weighted by Gasteiger charge is 2.30. The third kappa shape index (κ3) is 4.47. The highest BCUT2D eigenvalue weighted by Crippen LogP contribution is 2.29. The summed E-state index contributed by atoms with van der Waals surface area (Å²) in [6.45, 7) is 0.361. The minimum atomic E-state index is -4.42. The fraction of sp³-hybridized carbons (Fsp3) is 0.167. The number of rotatable bonds is 5. The van der Waals surface area contributed by atoms with E-state index in [0.29, 0.717) is 11.5 Å². The van der Waals surface area contributed by atoms with Gasteiger partial charge < -0.3 is 19.1 Å². The first-order valence-corrected chi connectivity index (χ1v) is 7.70. The molecule has 0 aliphatic rings. The van der Waals surface area contributed by atoms with Crippen molar-refractivity contribution in [3.8, 4) is 0 Å². The van der Waals surface area contributed by atoms with Crippen molar-refractivity contribution in [1.82, 2.24) is 4.90 Å². The summed E-state index contributed by atoms with van der Waals surface area (Å²) in [5, 5.41) is 2.58.